The highest BCUT2D eigenvalue weighted by molar-refractivity contribution is 5.98. The van der Waals surface area contributed by atoms with E-state index in [2.05, 4.69) is 10.4 Å². The van der Waals surface area contributed by atoms with E-state index in [9.17, 15) is 14.4 Å². The lowest BCUT2D eigenvalue weighted by Crippen LogP contribution is -2.37. The van der Waals surface area contributed by atoms with Crippen molar-refractivity contribution in [3.63, 3.8) is 0 Å². The summed E-state index contributed by atoms with van der Waals surface area (Å²) in [6, 6.07) is 6.85. The average molecular weight is 369 g/mol. The van der Waals surface area contributed by atoms with Crippen molar-refractivity contribution in [1.29, 1.82) is 0 Å². The molecule has 0 unspecified atom stereocenters. The summed E-state index contributed by atoms with van der Waals surface area (Å²) in [6.45, 7) is 1.06. The Morgan fingerprint density at radius 3 is 2.59 bits per heavy atom. The summed E-state index contributed by atoms with van der Waals surface area (Å²) < 4.78 is 1.68. The van der Waals surface area contributed by atoms with E-state index in [1.165, 1.54) is 0 Å². The molecule has 27 heavy (non-hydrogen) atoms. The third-order valence-corrected chi connectivity index (χ3v) is 4.52. The van der Waals surface area contributed by atoms with Gasteiger partial charge in [-0.1, -0.05) is 0 Å². The van der Waals surface area contributed by atoms with Crippen LogP contribution >= 0.6 is 0 Å². The maximum atomic E-state index is 12.3. The molecule has 1 aliphatic rings. The second-order valence-corrected chi connectivity index (χ2v) is 6.65. The zero-order valence-electron chi connectivity index (χ0n) is 15.5. The first-order chi connectivity index (χ1) is 12.9. The molecule has 0 spiro atoms. The maximum Gasteiger partial charge on any atom is 0.251 e. The fourth-order valence-electron chi connectivity index (χ4n) is 3.02. The van der Waals surface area contributed by atoms with Crippen molar-refractivity contribution in [2.45, 2.75) is 19.4 Å². The molecule has 2 heterocycles. The van der Waals surface area contributed by atoms with Crippen LogP contribution in [0.3, 0.4) is 0 Å². The zero-order valence-corrected chi connectivity index (χ0v) is 15.5. The molecule has 1 aromatic heterocycles. The lowest BCUT2D eigenvalue weighted by atomic mass is 10.2. The molecule has 0 bridgehead atoms. The van der Waals surface area contributed by atoms with E-state index in [1.54, 1.807) is 52.0 Å². The molecule has 142 valence electrons. The molecule has 1 saturated heterocycles. The van der Waals surface area contributed by atoms with Crippen LogP contribution in [-0.4, -0.2) is 52.5 Å². The second kappa shape index (κ2) is 8.03. The van der Waals surface area contributed by atoms with Crippen LogP contribution < -0.4 is 10.2 Å². The third-order valence-electron chi connectivity index (χ3n) is 4.52. The van der Waals surface area contributed by atoms with E-state index in [0.717, 1.165) is 17.7 Å². The van der Waals surface area contributed by atoms with Crippen LogP contribution in [0, 0.1) is 0 Å². The van der Waals surface area contributed by atoms with Gasteiger partial charge in [-0.3, -0.25) is 19.1 Å². The minimum atomic E-state index is -0.322. The molecule has 1 fully saturated rings. The van der Waals surface area contributed by atoms with Crippen LogP contribution in [0.2, 0.25) is 0 Å². The molecule has 0 saturated carbocycles. The van der Waals surface area contributed by atoms with Gasteiger partial charge in [-0.25, -0.2) is 0 Å². The highest BCUT2D eigenvalue weighted by Crippen LogP contribution is 2.21. The number of nitrogens with zero attached hydrogens (tertiary/aromatic N) is 4. The molecule has 8 nitrogen and oxygen atoms in total. The fourth-order valence-corrected chi connectivity index (χ4v) is 3.02. The van der Waals surface area contributed by atoms with E-state index in [4.69, 9.17) is 0 Å². The second-order valence-electron chi connectivity index (χ2n) is 6.65. The third kappa shape index (κ3) is 4.52. The quantitative estimate of drug-likeness (QED) is 0.821. The number of rotatable bonds is 6. The Morgan fingerprint density at radius 1 is 1.26 bits per heavy atom. The largest absolute Gasteiger partial charge is 0.343 e. The maximum absolute atomic E-state index is 12.3. The molecule has 3 amide bonds. The summed E-state index contributed by atoms with van der Waals surface area (Å²) in [5, 5.41) is 6.70. The van der Waals surface area contributed by atoms with Crippen LogP contribution in [0.5, 0.6) is 0 Å². The normalized spacial score (nSPS) is 13.7. The van der Waals surface area contributed by atoms with Crippen molar-refractivity contribution in [2.24, 2.45) is 7.05 Å². The standard InChI is InChI=1S/C19H23N5O3/c1-22(12-14-10-21-23(2)13-14)18(26)11-20-19(27)15-5-7-16(8-6-15)24-9-3-4-17(24)25/h5-8,10,13H,3-4,9,11-12H2,1-2H3,(H,20,27). The van der Waals surface area contributed by atoms with Gasteiger partial charge in [0.1, 0.15) is 0 Å². The number of carbonyl (C=O) groups excluding carboxylic acids is 3. The van der Waals surface area contributed by atoms with E-state index < -0.39 is 0 Å². The van der Waals surface area contributed by atoms with Crippen LogP contribution in [0.4, 0.5) is 5.69 Å². The molecular formula is C19H23N5O3. The Kier molecular flexibility index (Phi) is 5.54. The number of amides is 3. The first-order valence-electron chi connectivity index (χ1n) is 8.84. The number of likely N-dealkylation sites (N-methyl/N-ethyl adjacent to an activating group) is 1. The van der Waals surface area contributed by atoms with Crippen LogP contribution in [0.25, 0.3) is 0 Å². The molecule has 0 aliphatic carbocycles. The van der Waals surface area contributed by atoms with Gasteiger partial charge in [-0.15, -0.1) is 0 Å². The van der Waals surface area contributed by atoms with E-state index >= 15 is 0 Å². The van der Waals surface area contributed by atoms with E-state index in [1.807, 2.05) is 13.2 Å². The van der Waals surface area contributed by atoms with Gasteiger partial charge in [0, 0.05) is 56.6 Å². The summed E-state index contributed by atoms with van der Waals surface area (Å²) in [4.78, 5) is 39.5. The Bertz CT molecular complexity index is 843. The number of hydrogen-bond donors (Lipinski definition) is 1. The van der Waals surface area contributed by atoms with Crippen molar-refractivity contribution in [1.82, 2.24) is 20.0 Å². The van der Waals surface area contributed by atoms with E-state index in [-0.39, 0.29) is 24.3 Å². The summed E-state index contributed by atoms with van der Waals surface area (Å²) in [7, 11) is 3.50. The van der Waals surface area contributed by atoms with Crippen molar-refractivity contribution in [3.05, 3.63) is 47.8 Å². The Hall–Kier alpha value is -3.16. The van der Waals surface area contributed by atoms with Crippen molar-refractivity contribution in [2.75, 3.05) is 25.0 Å². The lowest BCUT2D eigenvalue weighted by molar-refractivity contribution is -0.129. The molecule has 1 N–H and O–H groups in total. The van der Waals surface area contributed by atoms with Crippen molar-refractivity contribution in [3.8, 4) is 0 Å². The Balaban J connectivity index is 1.51. The van der Waals surface area contributed by atoms with Crippen molar-refractivity contribution < 1.29 is 14.4 Å². The van der Waals surface area contributed by atoms with Gasteiger partial charge < -0.3 is 15.1 Å². The Morgan fingerprint density at radius 2 is 2.00 bits per heavy atom. The first-order valence-corrected chi connectivity index (χ1v) is 8.84. The first kappa shape index (κ1) is 18.6. The van der Waals surface area contributed by atoms with Gasteiger partial charge in [0.05, 0.1) is 12.7 Å². The average Bonchev–Trinajstić information content (AvgIpc) is 3.27. The molecule has 0 radical (unpaired) electrons. The monoisotopic (exact) mass is 369 g/mol. The van der Waals surface area contributed by atoms with Gasteiger partial charge in [0.2, 0.25) is 11.8 Å². The molecule has 1 aliphatic heterocycles. The molecule has 3 rings (SSSR count). The van der Waals surface area contributed by atoms with E-state index in [0.29, 0.717) is 25.1 Å². The summed E-state index contributed by atoms with van der Waals surface area (Å²) in [6.07, 6.45) is 4.97. The van der Waals surface area contributed by atoms with Gasteiger partial charge >= 0.3 is 0 Å². The number of benzene rings is 1. The minimum absolute atomic E-state index is 0.0814. The number of carbonyl (C=O) groups is 3. The summed E-state index contributed by atoms with van der Waals surface area (Å²) in [5.41, 5.74) is 2.17. The lowest BCUT2D eigenvalue weighted by Gasteiger charge is -2.17. The summed E-state index contributed by atoms with van der Waals surface area (Å²) >= 11 is 0. The number of nitrogens with one attached hydrogen (secondary N) is 1. The van der Waals surface area contributed by atoms with Crippen molar-refractivity contribution >= 4 is 23.4 Å². The minimum Gasteiger partial charge on any atom is -0.343 e. The Labute approximate surface area is 157 Å². The number of aromatic nitrogens is 2. The van der Waals surface area contributed by atoms with Gasteiger partial charge in [0.25, 0.3) is 5.91 Å². The predicted octanol–water partition coefficient (Wildman–Crippen LogP) is 0.935. The smallest absolute Gasteiger partial charge is 0.251 e. The topological polar surface area (TPSA) is 87.5 Å². The summed E-state index contributed by atoms with van der Waals surface area (Å²) in [5.74, 6) is -0.404. The zero-order chi connectivity index (χ0) is 19.4. The van der Waals surface area contributed by atoms with Crippen LogP contribution in [0.15, 0.2) is 36.7 Å². The van der Waals surface area contributed by atoms with Crippen LogP contribution in [-0.2, 0) is 23.2 Å². The molecule has 2 aromatic rings. The number of anilines is 1. The highest BCUT2D eigenvalue weighted by atomic mass is 16.2. The van der Waals surface area contributed by atoms with Gasteiger partial charge in [0.15, 0.2) is 0 Å². The molecule has 0 atom stereocenters. The SMILES string of the molecule is CN(Cc1cnn(C)c1)C(=O)CNC(=O)c1ccc(N2CCCC2=O)cc1. The highest BCUT2D eigenvalue weighted by Gasteiger charge is 2.21. The predicted molar refractivity (Wildman–Crippen MR) is 100 cm³/mol. The molecular weight excluding hydrogens is 346 g/mol. The van der Waals surface area contributed by atoms with Crippen LogP contribution in [0.1, 0.15) is 28.8 Å². The van der Waals surface area contributed by atoms with Gasteiger partial charge in [-0.05, 0) is 30.7 Å². The number of hydrogen-bond acceptors (Lipinski definition) is 4. The number of aryl methyl sites for hydroxylation is 1. The molecule has 1 aromatic carbocycles. The van der Waals surface area contributed by atoms with Gasteiger partial charge in [-0.2, -0.15) is 5.10 Å². The fraction of sp³-hybridized carbons (Fsp3) is 0.368. The molecule has 8 heteroatoms.